The van der Waals surface area contributed by atoms with Crippen LogP contribution in [0.15, 0.2) is 24.3 Å². The summed E-state index contributed by atoms with van der Waals surface area (Å²) in [7, 11) is 1.85. The van der Waals surface area contributed by atoms with Gasteiger partial charge in [-0.3, -0.25) is 4.79 Å². The average molecular weight is 271 g/mol. The molecule has 0 bridgehead atoms. The fourth-order valence-corrected chi connectivity index (χ4v) is 1.99. The maximum atomic E-state index is 12.1. The molecule has 1 aliphatic heterocycles. The third kappa shape index (κ3) is 3.15. The second-order valence-electron chi connectivity index (χ2n) is 4.25. The van der Waals surface area contributed by atoms with Crippen molar-refractivity contribution in [1.29, 1.82) is 0 Å². The molecule has 1 aromatic rings. The van der Waals surface area contributed by atoms with Crippen molar-refractivity contribution in [1.82, 2.24) is 5.32 Å². The van der Waals surface area contributed by atoms with Gasteiger partial charge in [-0.1, -0.05) is 12.1 Å². The molecular formula is C13H19ClN2O2. The van der Waals surface area contributed by atoms with E-state index in [1.165, 1.54) is 0 Å². The summed E-state index contributed by atoms with van der Waals surface area (Å²) in [5.41, 5.74) is 0.881. The summed E-state index contributed by atoms with van der Waals surface area (Å²) < 4.78 is 5.71. The third-order valence-corrected chi connectivity index (χ3v) is 2.81. The van der Waals surface area contributed by atoms with E-state index in [4.69, 9.17) is 4.74 Å². The van der Waals surface area contributed by atoms with Crippen molar-refractivity contribution >= 4 is 24.0 Å². The van der Waals surface area contributed by atoms with Crippen LogP contribution >= 0.6 is 12.4 Å². The van der Waals surface area contributed by atoms with E-state index in [0.717, 1.165) is 11.4 Å². The molecule has 1 amide bonds. The Morgan fingerprint density at radius 3 is 2.94 bits per heavy atom. The number of ether oxygens (including phenoxy) is 1. The molecule has 1 N–H and O–H groups in total. The number of nitrogens with zero attached hydrogens (tertiary/aromatic N) is 1. The lowest BCUT2D eigenvalue weighted by molar-refractivity contribution is -0.119. The first-order valence-corrected chi connectivity index (χ1v) is 5.93. The Balaban J connectivity index is 0.00000162. The highest BCUT2D eigenvalue weighted by atomic mass is 35.5. The van der Waals surface area contributed by atoms with Crippen LogP contribution in [0.4, 0.5) is 5.69 Å². The highest BCUT2D eigenvalue weighted by molar-refractivity contribution is 5.95. The highest BCUT2D eigenvalue weighted by Gasteiger charge is 2.26. The fraction of sp³-hybridized carbons (Fsp3) is 0.462. The number of hydrogen-bond donors (Lipinski definition) is 1. The van der Waals surface area contributed by atoms with Gasteiger partial charge in [0.05, 0.1) is 12.2 Å². The van der Waals surface area contributed by atoms with Gasteiger partial charge in [-0.05, 0) is 26.1 Å². The van der Waals surface area contributed by atoms with Crippen LogP contribution in [-0.2, 0) is 4.79 Å². The first kappa shape index (κ1) is 14.8. The van der Waals surface area contributed by atoms with Crippen molar-refractivity contribution < 1.29 is 9.53 Å². The molecule has 0 aromatic heterocycles. The normalized spacial score (nSPS) is 17.4. The van der Waals surface area contributed by atoms with Gasteiger partial charge in [-0.25, -0.2) is 0 Å². The van der Waals surface area contributed by atoms with Gasteiger partial charge in [0.15, 0.2) is 0 Å². The summed E-state index contributed by atoms with van der Waals surface area (Å²) in [6, 6.07) is 7.69. The number of carbonyl (C=O) groups is 1. The second-order valence-corrected chi connectivity index (χ2v) is 4.25. The van der Waals surface area contributed by atoms with Crippen molar-refractivity contribution in [3.05, 3.63) is 24.3 Å². The molecule has 0 saturated carbocycles. The van der Waals surface area contributed by atoms with E-state index < -0.39 is 0 Å². The summed E-state index contributed by atoms with van der Waals surface area (Å²) in [4.78, 5) is 13.9. The van der Waals surface area contributed by atoms with Crippen molar-refractivity contribution in [2.45, 2.75) is 19.4 Å². The van der Waals surface area contributed by atoms with E-state index in [0.29, 0.717) is 19.5 Å². The van der Waals surface area contributed by atoms with E-state index in [1.54, 1.807) is 0 Å². The Labute approximate surface area is 114 Å². The van der Waals surface area contributed by atoms with Crippen LogP contribution < -0.4 is 15.0 Å². The van der Waals surface area contributed by atoms with Crippen molar-refractivity contribution in [3.8, 4) is 5.75 Å². The monoisotopic (exact) mass is 270 g/mol. The standard InChI is InChI=1S/C13H18N2O2.ClH/c1-10-9-15(13(16)7-8-14-2)11-5-3-4-6-12(11)17-10;/h3-6,10,14H,7-9H2,1-2H3;1H. The van der Waals surface area contributed by atoms with Gasteiger partial charge in [0.2, 0.25) is 5.91 Å². The van der Waals surface area contributed by atoms with E-state index in [9.17, 15) is 4.79 Å². The molecule has 0 radical (unpaired) electrons. The Hall–Kier alpha value is -1.26. The predicted octanol–water partition coefficient (Wildman–Crippen LogP) is 1.83. The number of carbonyl (C=O) groups excluding carboxylic acids is 1. The minimum atomic E-state index is 0. The zero-order valence-corrected chi connectivity index (χ0v) is 11.5. The van der Waals surface area contributed by atoms with Gasteiger partial charge in [0, 0.05) is 13.0 Å². The Bertz CT molecular complexity index is 412. The first-order valence-electron chi connectivity index (χ1n) is 5.93. The predicted molar refractivity (Wildman–Crippen MR) is 74.7 cm³/mol. The van der Waals surface area contributed by atoms with Crippen LogP contribution in [0, 0.1) is 0 Å². The van der Waals surface area contributed by atoms with Crippen LogP contribution in [0.3, 0.4) is 0 Å². The topological polar surface area (TPSA) is 41.6 Å². The van der Waals surface area contributed by atoms with Gasteiger partial charge in [-0.15, -0.1) is 12.4 Å². The van der Waals surface area contributed by atoms with E-state index >= 15 is 0 Å². The molecule has 1 aliphatic rings. The largest absolute Gasteiger partial charge is 0.487 e. The van der Waals surface area contributed by atoms with Crippen molar-refractivity contribution in [2.75, 3.05) is 25.0 Å². The van der Waals surface area contributed by atoms with E-state index in [2.05, 4.69) is 5.32 Å². The first-order chi connectivity index (χ1) is 8.22. The summed E-state index contributed by atoms with van der Waals surface area (Å²) in [5.74, 6) is 0.936. The van der Waals surface area contributed by atoms with Crippen LogP contribution in [-0.4, -0.2) is 32.1 Å². The number of para-hydroxylation sites is 2. The molecular weight excluding hydrogens is 252 g/mol. The number of benzene rings is 1. The maximum Gasteiger partial charge on any atom is 0.228 e. The number of hydrogen-bond acceptors (Lipinski definition) is 3. The van der Waals surface area contributed by atoms with Gasteiger partial charge in [0.1, 0.15) is 11.9 Å². The lowest BCUT2D eigenvalue weighted by Crippen LogP contribution is -2.43. The summed E-state index contributed by atoms with van der Waals surface area (Å²) in [6.45, 7) is 3.31. The molecule has 2 rings (SSSR count). The minimum absolute atomic E-state index is 0. The highest BCUT2D eigenvalue weighted by Crippen LogP contribution is 2.33. The van der Waals surface area contributed by atoms with Crippen LogP contribution in [0.1, 0.15) is 13.3 Å². The quantitative estimate of drug-likeness (QED) is 0.911. The number of rotatable bonds is 3. The molecule has 0 fully saturated rings. The molecule has 1 atom stereocenters. The van der Waals surface area contributed by atoms with Gasteiger partial charge in [0.25, 0.3) is 0 Å². The summed E-state index contributed by atoms with van der Waals surface area (Å²) in [5, 5.41) is 2.99. The Kier molecular flexibility index (Phi) is 5.44. The number of anilines is 1. The molecule has 0 aliphatic carbocycles. The van der Waals surface area contributed by atoms with Gasteiger partial charge >= 0.3 is 0 Å². The number of fused-ring (bicyclic) bond motifs is 1. The van der Waals surface area contributed by atoms with E-state index in [1.807, 2.05) is 43.1 Å². The van der Waals surface area contributed by atoms with Crippen molar-refractivity contribution in [3.63, 3.8) is 0 Å². The van der Waals surface area contributed by atoms with Gasteiger partial charge < -0.3 is 15.0 Å². The second kappa shape index (κ2) is 6.61. The number of halogens is 1. The summed E-state index contributed by atoms with van der Waals surface area (Å²) >= 11 is 0. The fourth-order valence-electron chi connectivity index (χ4n) is 1.99. The minimum Gasteiger partial charge on any atom is -0.487 e. The number of amides is 1. The maximum absolute atomic E-state index is 12.1. The van der Waals surface area contributed by atoms with Gasteiger partial charge in [-0.2, -0.15) is 0 Å². The molecule has 100 valence electrons. The lowest BCUT2D eigenvalue weighted by atomic mass is 10.2. The molecule has 1 aromatic carbocycles. The number of nitrogens with one attached hydrogen (secondary N) is 1. The Morgan fingerprint density at radius 2 is 2.22 bits per heavy atom. The Morgan fingerprint density at radius 1 is 1.50 bits per heavy atom. The van der Waals surface area contributed by atoms with Crippen molar-refractivity contribution in [2.24, 2.45) is 0 Å². The summed E-state index contributed by atoms with van der Waals surface area (Å²) in [6.07, 6.45) is 0.556. The zero-order chi connectivity index (χ0) is 12.3. The van der Waals surface area contributed by atoms with Crippen LogP contribution in [0.25, 0.3) is 0 Å². The zero-order valence-electron chi connectivity index (χ0n) is 10.7. The smallest absolute Gasteiger partial charge is 0.228 e. The van der Waals surface area contributed by atoms with Crippen LogP contribution in [0.2, 0.25) is 0 Å². The SMILES string of the molecule is CNCCC(=O)N1CC(C)Oc2ccccc21.Cl. The molecule has 1 unspecified atom stereocenters. The average Bonchev–Trinajstić information content (AvgIpc) is 2.34. The third-order valence-electron chi connectivity index (χ3n) is 2.81. The molecule has 5 heteroatoms. The molecule has 0 spiro atoms. The van der Waals surface area contributed by atoms with Crippen LogP contribution in [0.5, 0.6) is 5.75 Å². The molecule has 18 heavy (non-hydrogen) atoms. The molecule has 4 nitrogen and oxygen atoms in total. The molecule has 0 saturated heterocycles. The molecule has 1 heterocycles. The van der Waals surface area contributed by atoms with E-state index in [-0.39, 0.29) is 24.4 Å². The lowest BCUT2D eigenvalue weighted by Gasteiger charge is -2.33.